The molecule has 0 amide bonds. The number of rotatable bonds is 5. The molecule has 0 aliphatic rings. The van der Waals surface area contributed by atoms with Gasteiger partial charge in [-0.3, -0.25) is 4.68 Å². The van der Waals surface area contributed by atoms with Gasteiger partial charge in [0.15, 0.2) is 0 Å². The van der Waals surface area contributed by atoms with E-state index >= 15 is 0 Å². The van der Waals surface area contributed by atoms with Crippen LogP contribution in [0.5, 0.6) is 0 Å². The van der Waals surface area contributed by atoms with Crippen LogP contribution in [0, 0.1) is 0 Å². The molecule has 0 atom stereocenters. The maximum absolute atomic E-state index is 12.8. The molecule has 3 nitrogen and oxygen atoms in total. The molecule has 0 saturated carbocycles. The van der Waals surface area contributed by atoms with E-state index in [1.807, 2.05) is 13.8 Å². The highest BCUT2D eigenvalue weighted by Gasteiger charge is 2.37. The van der Waals surface area contributed by atoms with Crippen LogP contribution in [-0.2, 0) is 19.3 Å². The Labute approximate surface area is 92.6 Å². The van der Waals surface area contributed by atoms with Gasteiger partial charge < -0.3 is 5.32 Å². The van der Waals surface area contributed by atoms with E-state index < -0.39 is 11.9 Å². The van der Waals surface area contributed by atoms with Gasteiger partial charge in [0, 0.05) is 18.7 Å². The van der Waals surface area contributed by atoms with Crippen molar-refractivity contribution in [3.05, 3.63) is 17.5 Å². The quantitative estimate of drug-likeness (QED) is 0.849. The molecule has 1 N–H and O–H groups in total. The monoisotopic (exact) mass is 235 g/mol. The molecule has 0 fully saturated rings. The Morgan fingerprint density at radius 3 is 2.56 bits per heavy atom. The Balaban J connectivity index is 2.99. The Morgan fingerprint density at radius 1 is 1.38 bits per heavy atom. The summed E-state index contributed by atoms with van der Waals surface area (Å²) >= 11 is 0. The second-order valence-corrected chi connectivity index (χ2v) is 3.52. The summed E-state index contributed by atoms with van der Waals surface area (Å²) in [6.45, 7) is 4.81. The first-order chi connectivity index (χ1) is 7.50. The first-order valence-corrected chi connectivity index (χ1v) is 5.33. The molecule has 0 aliphatic carbocycles. The van der Waals surface area contributed by atoms with E-state index in [4.69, 9.17) is 0 Å². The van der Waals surface area contributed by atoms with Crippen molar-refractivity contribution in [1.29, 1.82) is 0 Å². The van der Waals surface area contributed by atoms with Crippen molar-refractivity contribution in [3.8, 4) is 0 Å². The van der Waals surface area contributed by atoms with Gasteiger partial charge in [0.2, 0.25) is 0 Å². The molecule has 6 heteroatoms. The second-order valence-electron chi connectivity index (χ2n) is 3.52. The predicted molar refractivity (Wildman–Crippen MR) is 54.9 cm³/mol. The number of halogens is 3. The zero-order valence-corrected chi connectivity index (χ0v) is 9.43. The standard InChI is InChI=1S/C10H16F3N3/c1-3-5-16-9(10(11,12)13)8(7-15-16)6-14-4-2/h7,14H,3-6H2,1-2H3. The molecule has 0 unspecified atom stereocenters. The molecular formula is C10H16F3N3. The Kier molecular flexibility index (Phi) is 4.35. The minimum absolute atomic E-state index is 0.203. The first-order valence-electron chi connectivity index (χ1n) is 5.33. The summed E-state index contributed by atoms with van der Waals surface area (Å²) in [7, 11) is 0. The van der Waals surface area contributed by atoms with Gasteiger partial charge >= 0.3 is 6.18 Å². The molecule has 0 radical (unpaired) electrons. The van der Waals surface area contributed by atoms with Gasteiger partial charge in [0.05, 0.1) is 6.20 Å². The van der Waals surface area contributed by atoms with E-state index in [9.17, 15) is 13.2 Å². The maximum Gasteiger partial charge on any atom is 0.433 e. The maximum atomic E-state index is 12.8. The van der Waals surface area contributed by atoms with Crippen molar-refractivity contribution in [2.75, 3.05) is 6.54 Å². The highest BCUT2D eigenvalue weighted by atomic mass is 19.4. The average molecular weight is 235 g/mol. The Bertz CT molecular complexity index is 331. The van der Waals surface area contributed by atoms with E-state index in [0.717, 1.165) is 4.68 Å². The van der Waals surface area contributed by atoms with Crippen LogP contribution in [0.25, 0.3) is 0 Å². The van der Waals surface area contributed by atoms with Crippen LogP contribution in [0.3, 0.4) is 0 Å². The van der Waals surface area contributed by atoms with E-state index in [1.165, 1.54) is 6.20 Å². The molecule has 0 spiro atoms. The third-order valence-corrected chi connectivity index (χ3v) is 2.18. The first kappa shape index (κ1) is 13.0. The largest absolute Gasteiger partial charge is 0.433 e. The summed E-state index contributed by atoms with van der Waals surface area (Å²) in [5, 5.41) is 6.66. The number of hydrogen-bond acceptors (Lipinski definition) is 2. The van der Waals surface area contributed by atoms with Gasteiger partial charge in [-0.1, -0.05) is 13.8 Å². The number of aromatic nitrogens is 2. The Morgan fingerprint density at radius 2 is 2.06 bits per heavy atom. The van der Waals surface area contributed by atoms with Crippen molar-refractivity contribution >= 4 is 0 Å². The lowest BCUT2D eigenvalue weighted by molar-refractivity contribution is -0.144. The minimum atomic E-state index is -4.34. The summed E-state index contributed by atoms with van der Waals surface area (Å²) in [5.41, 5.74) is -0.418. The van der Waals surface area contributed by atoms with Gasteiger partial charge in [0.1, 0.15) is 5.69 Å². The number of nitrogens with one attached hydrogen (secondary N) is 1. The van der Waals surface area contributed by atoms with Crippen LogP contribution in [0.4, 0.5) is 13.2 Å². The van der Waals surface area contributed by atoms with Crippen LogP contribution in [0.15, 0.2) is 6.20 Å². The van der Waals surface area contributed by atoms with Crippen LogP contribution < -0.4 is 5.32 Å². The summed E-state index contributed by atoms with van der Waals surface area (Å²) in [6.07, 6.45) is -2.41. The molecule has 0 aliphatic heterocycles. The van der Waals surface area contributed by atoms with Gasteiger partial charge in [-0.05, 0) is 13.0 Å². The fourth-order valence-electron chi connectivity index (χ4n) is 1.52. The van der Waals surface area contributed by atoms with Crippen molar-refractivity contribution in [3.63, 3.8) is 0 Å². The Hall–Kier alpha value is -1.04. The summed E-state index contributed by atoms with van der Waals surface area (Å²) in [6, 6.07) is 0. The van der Waals surface area contributed by atoms with Gasteiger partial charge in [-0.2, -0.15) is 18.3 Å². The molecule has 1 aromatic heterocycles. The number of nitrogens with zero attached hydrogens (tertiary/aromatic N) is 2. The zero-order valence-electron chi connectivity index (χ0n) is 9.43. The van der Waals surface area contributed by atoms with Gasteiger partial charge in [-0.25, -0.2) is 0 Å². The molecule has 1 heterocycles. The van der Waals surface area contributed by atoms with Crippen molar-refractivity contribution in [2.24, 2.45) is 0 Å². The lowest BCUT2D eigenvalue weighted by Crippen LogP contribution is -2.19. The lowest BCUT2D eigenvalue weighted by Gasteiger charge is -2.12. The lowest BCUT2D eigenvalue weighted by atomic mass is 10.2. The summed E-state index contributed by atoms with van der Waals surface area (Å²) in [5.74, 6) is 0. The minimum Gasteiger partial charge on any atom is -0.313 e. The van der Waals surface area contributed by atoms with Crippen LogP contribution >= 0.6 is 0 Å². The van der Waals surface area contributed by atoms with Crippen molar-refractivity contribution < 1.29 is 13.2 Å². The second kappa shape index (κ2) is 5.34. The number of alkyl halides is 3. The fourth-order valence-corrected chi connectivity index (χ4v) is 1.52. The molecule has 1 rings (SSSR count). The van der Waals surface area contributed by atoms with E-state index in [2.05, 4.69) is 10.4 Å². The molecule has 0 bridgehead atoms. The molecule has 1 aromatic rings. The summed E-state index contributed by atoms with van der Waals surface area (Å²) in [4.78, 5) is 0. The smallest absolute Gasteiger partial charge is 0.313 e. The molecule has 16 heavy (non-hydrogen) atoms. The molecule has 0 saturated heterocycles. The normalized spacial score (nSPS) is 12.1. The van der Waals surface area contributed by atoms with Crippen LogP contribution in [0.1, 0.15) is 31.5 Å². The van der Waals surface area contributed by atoms with E-state index in [0.29, 0.717) is 19.5 Å². The topological polar surface area (TPSA) is 29.9 Å². The zero-order chi connectivity index (χ0) is 12.2. The number of hydrogen-bond donors (Lipinski definition) is 1. The molecular weight excluding hydrogens is 219 g/mol. The third-order valence-electron chi connectivity index (χ3n) is 2.18. The van der Waals surface area contributed by atoms with Crippen LogP contribution in [0.2, 0.25) is 0 Å². The summed E-state index contributed by atoms with van der Waals surface area (Å²) < 4.78 is 39.4. The van der Waals surface area contributed by atoms with Gasteiger partial charge in [0.25, 0.3) is 0 Å². The highest BCUT2D eigenvalue weighted by molar-refractivity contribution is 5.20. The fraction of sp³-hybridized carbons (Fsp3) is 0.700. The van der Waals surface area contributed by atoms with E-state index in [1.54, 1.807) is 0 Å². The van der Waals surface area contributed by atoms with Crippen molar-refractivity contribution in [1.82, 2.24) is 15.1 Å². The average Bonchev–Trinajstić information content (AvgIpc) is 2.58. The third kappa shape index (κ3) is 2.98. The van der Waals surface area contributed by atoms with E-state index in [-0.39, 0.29) is 12.1 Å². The van der Waals surface area contributed by atoms with Crippen LogP contribution in [-0.4, -0.2) is 16.3 Å². The molecule has 0 aromatic carbocycles. The van der Waals surface area contributed by atoms with Gasteiger partial charge in [-0.15, -0.1) is 0 Å². The van der Waals surface area contributed by atoms with Crippen molar-refractivity contribution in [2.45, 2.75) is 39.5 Å². The molecule has 92 valence electrons. The highest BCUT2D eigenvalue weighted by Crippen LogP contribution is 2.32. The SMILES string of the molecule is CCCn1ncc(CNCC)c1C(F)(F)F. The number of aryl methyl sites for hydroxylation is 1. The predicted octanol–water partition coefficient (Wildman–Crippen LogP) is 2.42.